The Hall–Kier alpha value is -2.81. The van der Waals surface area contributed by atoms with Crippen molar-refractivity contribution in [2.45, 2.75) is 85.1 Å². The number of methoxy groups -OCH3 is 1. The molecule has 0 bridgehead atoms. The maximum Gasteiger partial charge on any atom is 0.412 e. The summed E-state index contributed by atoms with van der Waals surface area (Å²) >= 11 is 0. The average Bonchev–Trinajstić information content (AvgIpc) is 3.04. The summed E-state index contributed by atoms with van der Waals surface area (Å²) in [5.41, 5.74) is -1.70. The molecule has 1 saturated heterocycles. The number of amides is 1. The molecule has 1 amide bonds. The van der Waals surface area contributed by atoms with Crippen molar-refractivity contribution in [3.05, 3.63) is 29.8 Å². The Balaban J connectivity index is 2.57. The van der Waals surface area contributed by atoms with Gasteiger partial charge in [0.1, 0.15) is 17.1 Å². The van der Waals surface area contributed by atoms with Gasteiger partial charge in [-0.2, -0.15) is 0 Å². The Kier molecular flexibility index (Phi) is 9.05. The molecule has 0 aromatic heterocycles. The number of aliphatic carboxylic acids is 1. The quantitative estimate of drug-likeness (QED) is 0.498. The molecule has 36 heavy (non-hydrogen) atoms. The number of nitrogens with zero attached hydrogens (tertiary/aromatic N) is 1. The monoisotopic (exact) mass is 507 g/mol. The minimum absolute atomic E-state index is 0.127. The van der Waals surface area contributed by atoms with Crippen LogP contribution in [0.1, 0.15) is 73.3 Å². The van der Waals surface area contributed by atoms with Crippen LogP contribution in [0.2, 0.25) is 0 Å². The molecule has 1 N–H and O–H groups in total. The molecule has 1 fully saturated rings. The van der Waals surface area contributed by atoms with Gasteiger partial charge in [-0.05, 0) is 73.1 Å². The number of hydrogen-bond donors (Lipinski definition) is 1. The summed E-state index contributed by atoms with van der Waals surface area (Å²) in [4.78, 5) is 39.4. The van der Waals surface area contributed by atoms with Gasteiger partial charge in [0.25, 0.3) is 0 Å². The summed E-state index contributed by atoms with van der Waals surface area (Å²) in [6.07, 6.45) is -0.831. The SMILES string of the molecule is COc1ccc([C@@H]([C@@H](COC(=O)C(C)(C)C)CC(=O)O)[C@@H]2COC(C)(C)N2C(=O)OC(C)(C)C)cc1. The van der Waals surface area contributed by atoms with Crippen molar-refractivity contribution < 1.29 is 38.4 Å². The predicted octanol–water partition coefficient (Wildman–Crippen LogP) is 4.83. The van der Waals surface area contributed by atoms with Gasteiger partial charge in [0.2, 0.25) is 0 Å². The number of ether oxygens (including phenoxy) is 4. The van der Waals surface area contributed by atoms with Crippen LogP contribution in [0.3, 0.4) is 0 Å². The van der Waals surface area contributed by atoms with E-state index in [1.807, 2.05) is 12.1 Å². The summed E-state index contributed by atoms with van der Waals surface area (Å²) < 4.78 is 22.6. The lowest BCUT2D eigenvalue weighted by Gasteiger charge is -2.40. The highest BCUT2D eigenvalue weighted by atomic mass is 16.6. The Morgan fingerprint density at radius 3 is 2.17 bits per heavy atom. The lowest BCUT2D eigenvalue weighted by Crippen LogP contribution is -2.52. The van der Waals surface area contributed by atoms with E-state index in [1.54, 1.807) is 74.6 Å². The predicted molar refractivity (Wildman–Crippen MR) is 134 cm³/mol. The molecule has 9 nitrogen and oxygen atoms in total. The zero-order valence-electron chi connectivity index (χ0n) is 22.9. The Morgan fingerprint density at radius 1 is 1.11 bits per heavy atom. The van der Waals surface area contributed by atoms with E-state index in [-0.39, 0.29) is 19.6 Å². The summed E-state index contributed by atoms with van der Waals surface area (Å²) in [6, 6.07) is 6.66. The van der Waals surface area contributed by atoms with Crippen LogP contribution in [0, 0.1) is 11.3 Å². The molecular weight excluding hydrogens is 466 g/mol. The van der Waals surface area contributed by atoms with Gasteiger partial charge in [-0.1, -0.05) is 12.1 Å². The number of hydrogen-bond acceptors (Lipinski definition) is 7. The number of benzene rings is 1. The molecule has 0 spiro atoms. The first-order valence-electron chi connectivity index (χ1n) is 12.2. The number of rotatable bonds is 8. The van der Waals surface area contributed by atoms with E-state index in [9.17, 15) is 19.5 Å². The second kappa shape index (κ2) is 11.1. The largest absolute Gasteiger partial charge is 0.497 e. The van der Waals surface area contributed by atoms with Crippen LogP contribution < -0.4 is 4.74 Å². The topological polar surface area (TPSA) is 112 Å². The zero-order chi connectivity index (χ0) is 27.5. The van der Waals surface area contributed by atoms with E-state index in [1.165, 1.54) is 4.90 Å². The standard InChI is InChI=1S/C27H41NO8/c1-25(2,3)23(31)34-15-18(14-21(29)30)22(17-10-12-19(33-9)13-11-17)20-16-35-27(7,8)28(20)24(32)36-26(4,5)6/h10-13,18,20,22H,14-16H2,1-9H3,(H,29,30)/t18-,20+,22+/m1/s1. The molecule has 1 aliphatic heterocycles. The molecule has 0 unspecified atom stereocenters. The van der Waals surface area contributed by atoms with Gasteiger partial charge in [0.05, 0.1) is 38.2 Å². The lowest BCUT2D eigenvalue weighted by atomic mass is 9.78. The molecule has 1 aliphatic rings. The van der Waals surface area contributed by atoms with E-state index >= 15 is 0 Å². The van der Waals surface area contributed by atoms with Gasteiger partial charge in [-0.3, -0.25) is 14.5 Å². The number of carboxylic acid groups (broad SMARTS) is 1. The highest BCUT2D eigenvalue weighted by Gasteiger charge is 2.51. The van der Waals surface area contributed by atoms with E-state index in [0.29, 0.717) is 5.75 Å². The van der Waals surface area contributed by atoms with E-state index in [0.717, 1.165) is 5.56 Å². The summed E-state index contributed by atoms with van der Waals surface area (Å²) in [5, 5.41) is 9.76. The minimum atomic E-state index is -1.03. The normalized spacial score (nSPS) is 19.4. The fourth-order valence-electron chi connectivity index (χ4n) is 4.31. The molecule has 202 valence electrons. The van der Waals surface area contributed by atoms with Crippen molar-refractivity contribution in [2.75, 3.05) is 20.3 Å². The third-order valence-electron chi connectivity index (χ3n) is 6.01. The number of carboxylic acids is 1. The number of esters is 1. The van der Waals surface area contributed by atoms with Crippen LogP contribution in [0.4, 0.5) is 4.79 Å². The fourth-order valence-corrected chi connectivity index (χ4v) is 4.31. The fraction of sp³-hybridized carbons (Fsp3) is 0.667. The molecular formula is C27H41NO8. The highest BCUT2D eigenvalue weighted by Crippen LogP contribution is 2.42. The second-order valence-electron chi connectivity index (χ2n) is 11.7. The Labute approximate surface area is 214 Å². The maximum absolute atomic E-state index is 13.4. The summed E-state index contributed by atoms with van der Waals surface area (Å²) in [6.45, 7) is 14.1. The minimum Gasteiger partial charge on any atom is -0.497 e. The molecule has 2 rings (SSSR count). The first kappa shape index (κ1) is 29.4. The van der Waals surface area contributed by atoms with Crippen molar-refractivity contribution in [1.82, 2.24) is 4.90 Å². The van der Waals surface area contributed by atoms with Crippen molar-refractivity contribution in [3.63, 3.8) is 0 Å². The van der Waals surface area contributed by atoms with Crippen LogP contribution >= 0.6 is 0 Å². The maximum atomic E-state index is 13.4. The van der Waals surface area contributed by atoms with Crippen molar-refractivity contribution in [3.8, 4) is 5.75 Å². The second-order valence-corrected chi connectivity index (χ2v) is 11.7. The van der Waals surface area contributed by atoms with Gasteiger partial charge < -0.3 is 24.1 Å². The zero-order valence-corrected chi connectivity index (χ0v) is 22.9. The first-order valence-corrected chi connectivity index (χ1v) is 12.2. The van der Waals surface area contributed by atoms with Crippen LogP contribution in [-0.4, -0.2) is 65.7 Å². The van der Waals surface area contributed by atoms with Gasteiger partial charge in [-0.15, -0.1) is 0 Å². The first-order chi connectivity index (χ1) is 16.5. The smallest absolute Gasteiger partial charge is 0.412 e. The average molecular weight is 508 g/mol. The summed E-state index contributed by atoms with van der Waals surface area (Å²) in [7, 11) is 1.56. The third-order valence-corrected chi connectivity index (χ3v) is 6.01. The molecule has 3 atom stereocenters. The highest BCUT2D eigenvalue weighted by molar-refractivity contribution is 5.75. The van der Waals surface area contributed by atoms with Crippen molar-refractivity contribution in [2.24, 2.45) is 11.3 Å². The van der Waals surface area contributed by atoms with Crippen molar-refractivity contribution in [1.29, 1.82) is 0 Å². The number of carbonyl (C=O) groups excluding carboxylic acids is 2. The lowest BCUT2D eigenvalue weighted by molar-refractivity contribution is -0.156. The van der Waals surface area contributed by atoms with E-state index in [4.69, 9.17) is 18.9 Å². The van der Waals surface area contributed by atoms with Gasteiger partial charge in [-0.25, -0.2) is 4.79 Å². The molecule has 0 saturated carbocycles. The van der Waals surface area contributed by atoms with Crippen LogP contribution in [0.25, 0.3) is 0 Å². The van der Waals surface area contributed by atoms with E-state index < -0.39 is 52.7 Å². The van der Waals surface area contributed by atoms with Gasteiger partial charge in [0, 0.05) is 11.8 Å². The van der Waals surface area contributed by atoms with Gasteiger partial charge >= 0.3 is 18.0 Å². The van der Waals surface area contributed by atoms with Crippen LogP contribution in [-0.2, 0) is 23.8 Å². The van der Waals surface area contributed by atoms with Crippen LogP contribution in [0.15, 0.2) is 24.3 Å². The molecule has 0 radical (unpaired) electrons. The Morgan fingerprint density at radius 2 is 1.69 bits per heavy atom. The van der Waals surface area contributed by atoms with E-state index in [2.05, 4.69) is 0 Å². The van der Waals surface area contributed by atoms with Crippen LogP contribution in [0.5, 0.6) is 5.75 Å². The van der Waals surface area contributed by atoms with Gasteiger partial charge in [0.15, 0.2) is 0 Å². The van der Waals surface area contributed by atoms with Crippen molar-refractivity contribution >= 4 is 18.0 Å². The molecule has 9 heteroatoms. The molecule has 1 aromatic rings. The molecule has 0 aliphatic carbocycles. The Bertz CT molecular complexity index is 927. The summed E-state index contributed by atoms with van der Waals surface area (Å²) in [5.74, 6) is -2.01. The third kappa shape index (κ3) is 7.59. The molecule has 1 heterocycles. The molecule has 1 aromatic carbocycles. The number of carbonyl (C=O) groups is 3.